The van der Waals surface area contributed by atoms with Crippen molar-refractivity contribution in [2.24, 2.45) is 0 Å². The fourth-order valence-electron chi connectivity index (χ4n) is 2.74. The number of nitro benzene ring substituents is 1. The number of carbonyl (C=O) groups excluding carboxylic acids is 1. The first-order valence-electron chi connectivity index (χ1n) is 7.80. The Morgan fingerprint density at radius 3 is 2.31 bits per heavy atom. The summed E-state index contributed by atoms with van der Waals surface area (Å²) in [6, 6.07) is 4.94. The third-order valence-electron chi connectivity index (χ3n) is 4.08. The Hall–Kier alpha value is -3.56. The van der Waals surface area contributed by atoms with Crippen LogP contribution in [0.5, 0.6) is 0 Å². The van der Waals surface area contributed by atoms with E-state index in [2.05, 4.69) is 9.97 Å². The SMILES string of the molecule is O=C(O)c1cc([N+](=O)[O-])ccc1C(=O)N1CCN(c2ncccn2)CC1. The van der Waals surface area contributed by atoms with Crippen LogP contribution in [0.15, 0.2) is 36.7 Å². The number of rotatable bonds is 4. The number of hydrogen-bond donors (Lipinski definition) is 1. The summed E-state index contributed by atoms with van der Waals surface area (Å²) in [5.74, 6) is -1.28. The summed E-state index contributed by atoms with van der Waals surface area (Å²) in [6.45, 7) is 1.75. The molecule has 1 aromatic carbocycles. The molecule has 134 valence electrons. The molecule has 1 saturated heterocycles. The molecule has 0 atom stereocenters. The molecule has 2 heterocycles. The van der Waals surface area contributed by atoms with Crippen molar-refractivity contribution in [2.45, 2.75) is 0 Å². The summed E-state index contributed by atoms with van der Waals surface area (Å²) in [4.78, 5) is 46.0. The maximum Gasteiger partial charge on any atom is 0.336 e. The Morgan fingerprint density at radius 2 is 1.73 bits per heavy atom. The van der Waals surface area contributed by atoms with E-state index in [0.717, 1.165) is 12.1 Å². The van der Waals surface area contributed by atoms with Gasteiger partial charge in [-0.25, -0.2) is 14.8 Å². The van der Waals surface area contributed by atoms with Crippen LogP contribution in [0.4, 0.5) is 11.6 Å². The van der Waals surface area contributed by atoms with Crippen molar-refractivity contribution in [3.63, 3.8) is 0 Å². The van der Waals surface area contributed by atoms with Crippen molar-refractivity contribution < 1.29 is 19.6 Å². The second kappa shape index (κ2) is 7.13. The van der Waals surface area contributed by atoms with Crippen molar-refractivity contribution >= 4 is 23.5 Å². The highest BCUT2D eigenvalue weighted by Gasteiger charge is 2.27. The van der Waals surface area contributed by atoms with Crippen molar-refractivity contribution in [3.8, 4) is 0 Å². The van der Waals surface area contributed by atoms with Gasteiger partial charge in [0.25, 0.3) is 11.6 Å². The summed E-state index contributed by atoms with van der Waals surface area (Å²) in [7, 11) is 0. The van der Waals surface area contributed by atoms with Gasteiger partial charge in [0.15, 0.2) is 0 Å². The number of piperazine rings is 1. The van der Waals surface area contributed by atoms with E-state index in [9.17, 15) is 24.8 Å². The van der Waals surface area contributed by atoms with E-state index in [1.54, 1.807) is 18.5 Å². The number of carbonyl (C=O) groups is 2. The molecule has 1 fully saturated rings. The lowest BCUT2D eigenvalue weighted by Crippen LogP contribution is -2.49. The topological polar surface area (TPSA) is 130 Å². The molecular weight excluding hydrogens is 342 g/mol. The third-order valence-corrected chi connectivity index (χ3v) is 4.08. The molecule has 10 heteroatoms. The second-order valence-electron chi connectivity index (χ2n) is 5.62. The lowest BCUT2D eigenvalue weighted by atomic mass is 10.0. The smallest absolute Gasteiger partial charge is 0.336 e. The molecule has 10 nitrogen and oxygen atoms in total. The van der Waals surface area contributed by atoms with Crippen LogP contribution in [0.25, 0.3) is 0 Å². The van der Waals surface area contributed by atoms with E-state index in [1.807, 2.05) is 4.90 Å². The molecule has 1 N–H and O–H groups in total. The molecule has 1 aliphatic rings. The number of nitro groups is 1. The van der Waals surface area contributed by atoms with E-state index in [0.29, 0.717) is 32.1 Å². The highest BCUT2D eigenvalue weighted by molar-refractivity contribution is 6.05. The summed E-state index contributed by atoms with van der Waals surface area (Å²) >= 11 is 0. The van der Waals surface area contributed by atoms with Crippen LogP contribution in [0.3, 0.4) is 0 Å². The predicted octanol–water partition coefficient (Wildman–Crippen LogP) is 1.05. The van der Waals surface area contributed by atoms with Gasteiger partial charge in [-0.05, 0) is 12.1 Å². The number of anilines is 1. The zero-order valence-corrected chi connectivity index (χ0v) is 13.6. The average Bonchev–Trinajstić information content (AvgIpc) is 2.67. The monoisotopic (exact) mass is 357 g/mol. The molecule has 1 aromatic heterocycles. The molecule has 0 bridgehead atoms. The minimum absolute atomic E-state index is 0.0625. The van der Waals surface area contributed by atoms with Gasteiger partial charge in [0, 0.05) is 50.7 Å². The fraction of sp³-hybridized carbons (Fsp3) is 0.250. The third kappa shape index (κ3) is 3.43. The van der Waals surface area contributed by atoms with Crippen LogP contribution in [-0.2, 0) is 0 Å². The Morgan fingerprint density at radius 1 is 1.08 bits per heavy atom. The number of carboxylic acids is 1. The molecule has 3 rings (SSSR count). The van der Waals surface area contributed by atoms with Gasteiger partial charge in [0.1, 0.15) is 0 Å². The van der Waals surface area contributed by atoms with Gasteiger partial charge in [-0.1, -0.05) is 0 Å². The first-order valence-corrected chi connectivity index (χ1v) is 7.80. The molecule has 1 amide bonds. The first kappa shape index (κ1) is 17.3. The van der Waals surface area contributed by atoms with Gasteiger partial charge in [0.05, 0.1) is 16.1 Å². The van der Waals surface area contributed by atoms with Crippen LogP contribution < -0.4 is 4.90 Å². The Bertz CT molecular complexity index is 849. The number of non-ortho nitro benzene ring substituents is 1. The fourth-order valence-corrected chi connectivity index (χ4v) is 2.74. The highest BCUT2D eigenvalue weighted by atomic mass is 16.6. The number of carboxylic acid groups (broad SMARTS) is 1. The van der Waals surface area contributed by atoms with Crippen LogP contribution in [0.2, 0.25) is 0 Å². The number of benzene rings is 1. The molecule has 26 heavy (non-hydrogen) atoms. The van der Waals surface area contributed by atoms with Gasteiger partial charge in [0.2, 0.25) is 5.95 Å². The number of nitrogens with zero attached hydrogens (tertiary/aromatic N) is 5. The Balaban J connectivity index is 1.76. The second-order valence-corrected chi connectivity index (χ2v) is 5.62. The number of amides is 1. The molecule has 0 aliphatic carbocycles. The van der Waals surface area contributed by atoms with Gasteiger partial charge in [-0.15, -0.1) is 0 Å². The number of aromatic nitrogens is 2. The van der Waals surface area contributed by atoms with Gasteiger partial charge in [-0.2, -0.15) is 0 Å². The minimum atomic E-state index is -1.38. The zero-order chi connectivity index (χ0) is 18.7. The highest BCUT2D eigenvalue weighted by Crippen LogP contribution is 2.21. The molecule has 2 aromatic rings. The molecule has 0 radical (unpaired) electrons. The molecule has 1 aliphatic heterocycles. The first-order chi connectivity index (χ1) is 12.5. The normalized spacial score (nSPS) is 14.2. The molecular formula is C16H15N5O5. The van der Waals surface area contributed by atoms with Gasteiger partial charge >= 0.3 is 5.97 Å². The van der Waals surface area contributed by atoms with E-state index in [1.165, 1.54) is 11.0 Å². The minimum Gasteiger partial charge on any atom is -0.478 e. The van der Waals surface area contributed by atoms with E-state index in [4.69, 9.17) is 0 Å². The van der Waals surface area contributed by atoms with Crippen molar-refractivity contribution in [2.75, 3.05) is 31.1 Å². The van der Waals surface area contributed by atoms with Crippen LogP contribution >= 0.6 is 0 Å². The van der Waals surface area contributed by atoms with Crippen molar-refractivity contribution in [3.05, 3.63) is 57.9 Å². The Kier molecular flexibility index (Phi) is 4.74. The molecule has 0 saturated carbocycles. The van der Waals surface area contributed by atoms with Crippen molar-refractivity contribution in [1.82, 2.24) is 14.9 Å². The van der Waals surface area contributed by atoms with E-state index >= 15 is 0 Å². The molecule has 0 spiro atoms. The average molecular weight is 357 g/mol. The van der Waals surface area contributed by atoms with Gasteiger partial charge < -0.3 is 14.9 Å². The Labute approximate surface area is 147 Å². The lowest BCUT2D eigenvalue weighted by molar-refractivity contribution is -0.384. The maximum atomic E-state index is 12.7. The van der Waals surface area contributed by atoms with Crippen molar-refractivity contribution in [1.29, 1.82) is 0 Å². The largest absolute Gasteiger partial charge is 0.478 e. The van der Waals surface area contributed by atoms with E-state index in [-0.39, 0.29) is 16.8 Å². The quantitative estimate of drug-likeness (QED) is 0.635. The van der Waals surface area contributed by atoms with E-state index < -0.39 is 16.8 Å². The predicted molar refractivity (Wildman–Crippen MR) is 90.2 cm³/mol. The number of hydrogen-bond acceptors (Lipinski definition) is 7. The summed E-state index contributed by atoms with van der Waals surface area (Å²) in [5, 5.41) is 20.1. The maximum absolute atomic E-state index is 12.7. The standard InChI is InChI=1S/C16H15N5O5/c22-14(12-3-2-11(21(25)26)10-13(12)15(23)24)19-6-8-20(9-7-19)16-17-4-1-5-18-16/h1-5,10H,6-9H2,(H,23,24). The zero-order valence-electron chi connectivity index (χ0n) is 13.6. The summed E-state index contributed by atoms with van der Waals surface area (Å²) in [6.07, 6.45) is 3.27. The van der Waals surface area contributed by atoms with Gasteiger partial charge in [-0.3, -0.25) is 14.9 Å². The van der Waals surface area contributed by atoms with Crippen LogP contribution in [0, 0.1) is 10.1 Å². The number of aromatic carboxylic acids is 1. The molecule has 0 unspecified atom stereocenters. The summed E-state index contributed by atoms with van der Waals surface area (Å²) in [5.41, 5.74) is -0.810. The van der Waals surface area contributed by atoms with Crippen LogP contribution in [-0.4, -0.2) is 63.0 Å². The van der Waals surface area contributed by atoms with Crippen LogP contribution in [0.1, 0.15) is 20.7 Å². The summed E-state index contributed by atoms with van der Waals surface area (Å²) < 4.78 is 0. The lowest BCUT2D eigenvalue weighted by Gasteiger charge is -2.34.